The van der Waals surface area contributed by atoms with E-state index in [0.717, 1.165) is 21.2 Å². The van der Waals surface area contributed by atoms with Crippen LogP contribution in [-0.4, -0.2) is 16.2 Å². The molecule has 0 aliphatic heterocycles. The fourth-order valence-corrected chi connectivity index (χ4v) is 1.95. The van der Waals surface area contributed by atoms with Crippen LogP contribution in [-0.2, 0) is 0 Å². The number of hydrogen-bond donors (Lipinski definition) is 1. The van der Waals surface area contributed by atoms with Gasteiger partial charge in [0.2, 0.25) is 5.82 Å². The zero-order valence-corrected chi connectivity index (χ0v) is 12.5. The summed E-state index contributed by atoms with van der Waals surface area (Å²) >= 11 is 3.55. The Bertz CT molecular complexity index is 540. The first kappa shape index (κ1) is 13.1. The van der Waals surface area contributed by atoms with E-state index in [1.165, 1.54) is 0 Å². The van der Waals surface area contributed by atoms with Gasteiger partial charge < -0.3 is 9.84 Å². The average Bonchev–Trinajstić information content (AvgIpc) is 2.72. The van der Waals surface area contributed by atoms with Crippen LogP contribution >= 0.6 is 15.9 Å². The predicted molar refractivity (Wildman–Crippen MR) is 75.7 cm³/mol. The number of halogens is 1. The van der Waals surface area contributed by atoms with Crippen LogP contribution < -0.4 is 5.32 Å². The molecule has 1 N–H and O–H groups in total. The van der Waals surface area contributed by atoms with Crippen molar-refractivity contribution in [1.29, 1.82) is 0 Å². The van der Waals surface area contributed by atoms with Gasteiger partial charge in [0.05, 0.1) is 0 Å². The minimum atomic E-state index is 0.270. The molecular formula is C13H16BrN3O. The molecule has 0 radical (unpaired) electrons. The number of rotatable bonds is 3. The van der Waals surface area contributed by atoms with Gasteiger partial charge in [-0.05, 0) is 51.0 Å². The summed E-state index contributed by atoms with van der Waals surface area (Å²) in [6.07, 6.45) is 0. The maximum atomic E-state index is 5.16. The number of aromatic nitrogens is 2. The van der Waals surface area contributed by atoms with Crippen LogP contribution in [0.5, 0.6) is 0 Å². The van der Waals surface area contributed by atoms with Gasteiger partial charge in [-0.25, -0.2) is 0 Å². The number of hydrogen-bond acceptors (Lipinski definition) is 4. The van der Waals surface area contributed by atoms with Crippen LogP contribution in [0.15, 0.2) is 21.1 Å². The fraction of sp³-hybridized carbons (Fsp3) is 0.385. The molecular weight excluding hydrogens is 294 g/mol. The van der Waals surface area contributed by atoms with Crippen molar-refractivity contribution < 1.29 is 4.52 Å². The summed E-state index contributed by atoms with van der Waals surface area (Å²) in [6.45, 7) is 8.15. The second-order valence-electron chi connectivity index (χ2n) is 4.65. The fourth-order valence-electron chi connectivity index (χ4n) is 1.72. The lowest BCUT2D eigenvalue weighted by Gasteiger charge is -2.04. The van der Waals surface area contributed by atoms with Crippen LogP contribution in [0, 0.1) is 13.8 Å². The molecule has 0 saturated heterocycles. The van der Waals surface area contributed by atoms with Crippen molar-refractivity contribution in [3.05, 3.63) is 27.7 Å². The summed E-state index contributed by atoms with van der Waals surface area (Å²) in [5.74, 6) is 0.608. The van der Waals surface area contributed by atoms with Crippen molar-refractivity contribution in [3.8, 4) is 11.4 Å². The Labute approximate surface area is 115 Å². The lowest BCUT2D eigenvalue weighted by Crippen LogP contribution is -2.09. The normalized spacial score (nSPS) is 11.0. The van der Waals surface area contributed by atoms with Crippen LogP contribution in [0.2, 0.25) is 0 Å². The van der Waals surface area contributed by atoms with Gasteiger partial charge in [-0.2, -0.15) is 4.98 Å². The maximum absolute atomic E-state index is 5.16. The zero-order valence-electron chi connectivity index (χ0n) is 10.9. The molecule has 2 rings (SSSR count). The Kier molecular flexibility index (Phi) is 3.71. The smallest absolute Gasteiger partial charge is 0.321 e. The minimum absolute atomic E-state index is 0.270. The number of aryl methyl sites for hydroxylation is 2. The molecule has 0 amide bonds. The average molecular weight is 310 g/mol. The number of anilines is 1. The molecule has 1 aromatic carbocycles. The Balaban J connectivity index is 2.34. The third-order valence-corrected chi connectivity index (χ3v) is 3.78. The van der Waals surface area contributed by atoms with Crippen LogP contribution in [0.4, 0.5) is 6.01 Å². The van der Waals surface area contributed by atoms with E-state index in [-0.39, 0.29) is 6.04 Å². The van der Waals surface area contributed by atoms with E-state index in [1.54, 1.807) is 0 Å². The molecule has 5 heteroatoms. The van der Waals surface area contributed by atoms with Crippen molar-refractivity contribution in [3.63, 3.8) is 0 Å². The van der Waals surface area contributed by atoms with E-state index in [1.807, 2.05) is 39.8 Å². The Hall–Kier alpha value is -1.36. The van der Waals surface area contributed by atoms with Crippen LogP contribution in [0.1, 0.15) is 25.0 Å². The van der Waals surface area contributed by atoms with E-state index >= 15 is 0 Å². The molecule has 0 aliphatic carbocycles. The molecule has 0 fully saturated rings. The van der Waals surface area contributed by atoms with Crippen molar-refractivity contribution in [1.82, 2.24) is 10.1 Å². The maximum Gasteiger partial charge on any atom is 0.321 e. The summed E-state index contributed by atoms with van der Waals surface area (Å²) in [5, 5.41) is 7.07. The van der Waals surface area contributed by atoms with Gasteiger partial charge in [0.1, 0.15) is 0 Å². The quantitative estimate of drug-likeness (QED) is 0.933. The number of benzene rings is 1. The van der Waals surface area contributed by atoms with E-state index in [2.05, 4.69) is 31.4 Å². The molecule has 1 aromatic heterocycles. The monoisotopic (exact) mass is 309 g/mol. The summed E-state index contributed by atoms with van der Waals surface area (Å²) in [6, 6.07) is 4.81. The van der Waals surface area contributed by atoms with Crippen molar-refractivity contribution >= 4 is 21.9 Å². The highest BCUT2D eigenvalue weighted by atomic mass is 79.9. The third kappa shape index (κ3) is 2.72. The summed E-state index contributed by atoms with van der Waals surface area (Å²) in [4.78, 5) is 4.33. The van der Waals surface area contributed by atoms with Crippen LogP contribution in [0.25, 0.3) is 11.4 Å². The van der Waals surface area contributed by atoms with Gasteiger partial charge in [-0.3, -0.25) is 0 Å². The van der Waals surface area contributed by atoms with Gasteiger partial charge in [0, 0.05) is 16.1 Å². The molecule has 0 bridgehead atoms. The topological polar surface area (TPSA) is 51.0 Å². The van der Waals surface area contributed by atoms with Gasteiger partial charge in [-0.1, -0.05) is 21.1 Å². The first-order chi connectivity index (χ1) is 8.47. The summed E-state index contributed by atoms with van der Waals surface area (Å²) in [7, 11) is 0. The molecule has 18 heavy (non-hydrogen) atoms. The Morgan fingerprint density at radius 2 is 1.83 bits per heavy atom. The van der Waals surface area contributed by atoms with Gasteiger partial charge in [-0.15, -0.1) is 0 Å². The first-order valence-corrected chi connectivity index (χ1v) is 6.64. The molecule has 0 spiro atoms. The third-order valence-electron chi connectivity index (χ3n) is 2.53. The van der Waals surface area contributed by atoms with Crippen molar-refractivity contribution in [2.75, 3.05) is 5.32 Å². The Morgan fingerprint density at radius 1 is 1.22 bits per heavy atom. The molecule has 1 heterocycles. The highest BCUT2D eigenvalue weighted by Crippen LogP contribution is 2.27. The standard InChI is InChI=1S/C13H16BrN3O/c1-7(2)15-13-16-12(17-18-13)10-5-8(3)11(14)9(4)6-10/h5-7H,1-4H3,(H,15,16,17). The molecule has 0 saturated carbocycles. The summed E-state index contributed by atoms with van der Waals surface area (Å²) in [5.41, 5.74) is 3.29. The highest BCUT2D eigenvalue weighted by molar-refractivity contribution is 9.10. The first-order valence-electron chi connectivity index (χ1n) is 5.84. The minimum Gasteiger partial charge on any atom is -0.336 e. The Morgan fingerprint density at radius 3 is 2.39 bits per heavy atom. The van der Waals surface area contributed by atoms with E-state index < -0.39 is 0 Å². The lowest BCUT2D eigenvalue weighted by molar-refractivity contribution is 0.429. The second kappa shape index (κ2) is 5.10. The SMILES string of the molecule is Cc1cc(-c2noc(NC(C)C)n2)cc(C)c1Br. The van der Waals surface area contributed by atoms with E-state index in [9.17, 15) is 0 Å². The number of nitrogens with zero attached hydrogens (tertiary/aromatic N) is 2. The zero-order chi connectivity index (χ0) is 13.3. The molecule has 2 aromatic rings. The molecule has 0 atom stereocenters. The molecule has 4 nitrogen and oxygen atoms in total. The molecule has 0 aliphatic rings. The lowest BCUT2D eigenvalue weighted by atomic mass is 10.1. The number of nitrogens with one attached hydrogen (secondary N) is 1. The summed E-state index contributed by atoms with van der Waals surface area (Å²) < 4.78 is 6.28. The van der Waals surface area contributed by atoms with Gasteiger partial charge in [0.15, 0.2) is 0 Å². The predicted octanol–water partition coefficient (Wildman–Crippen LogP) is 3.94. The highest BCUT2D eigenvalue weighted by Gasteiger charge is 2.11. The largest absolute Gasteiger partial charge is 0.336 e. The van der Waals surface area contributed by atoms with Crippen molar-refractivity contribution in [2.24, 2.45) is 0 Å². The molecule has 96 valence electrons. The van der Waals surface area contributed by atoms with E-state index in [4.69, 9.17) is 4.52 Å². The molecule has 0 unspecified atom stereocenters. The second-order valence-corrected chi connectivity index (χ2v) is 5.44. The van der Waals surface area contributed by atoms with E-state index in [0.29, 0.717) is 11.8 Å². The van der Waals surface area contributed by atoms with Crippen molar-refractivity contribution in [2.45, 2.75) is 33.7 Å². The van der Waals surface area contributed by atoms with Crippen LogP contribution in [0.3, 0.4) is 0 Å². The van der Waals surface area contributed by atoms with Gasteiger partial charge in [0.25, 0.3) is 0 Å². The van der Waals surface area contributed by atoms with Gasteiger partial charge >= 0.3 is 6.01 Å².